The number of nitrogens with two attached hydrogens (primary N) is 1. The SMILES string of the molecule is CCN(C(=O)OC(C)OC(=O)C(N)CC(C)C)C(C)Cc1ccc2c(c1)OCO2. The van der Waals surface area contributed by atoms with E-state index in [1.54, 1.807) is 4.90 Å². The van der Waals surface area contributed by atoms with E-state index in [0.29, 0.717) is 25.1 Å². The van der Waals surface area contributed by atoms with Gasteiger partial charge in [0.1, 0.15) is 6.04 Å². The Bertz CT molecular complexity index is 708. The number of rotatable bonds is 9. The molecule has 0 saturated heterocycles. The maximum Gasteiger partial charge on any atom is 0.413 e. The van der Waals surface area contributed by atoms with Crippen molar-refractivity contribution in [3.05, 3.63) is 23.8 Å². The Kier molecular flexibility index (Phi) is 8.13. The van der Waals surface area contributed by atoms with E-state index in [1.165, 1.54) is 6.92 Å². The molecule has 1 aromatic carbocycles. The first-order chi connectivity index (χ1) is 13.7. The molecule has 1 aromatic rings. The molecule has 0 spiro atoms. The van der Waals surface area contributed by atoms with Crippen molar-refractivity contribution in [2.24, 2.45) is 11.7 Å². The number of likely N-dealkylation sites (N-methyl/N-ethyl adjacent to an activating group) is 1. The summed E-state index contributed by atoms with van der Waals surface area (Å²) in [4.78, 5) is 26.2. The predicted molar refractivity (Wildman–Crippen MR) is 108 cm³/mol. The summed E-state index contributed by atoms with van der Waals surface area (Å²) in [5.41, 5.74) is 6.83. The van der Waals surface area contributed by atoms with Crippen molar-refractivity contribution in [3.63, 3.8) is 0 Å². The van der Waals surface area contributed by atoms with Crippen molar-refractivity contribution in [2.45, 2.75) is 65.8 Å². The molecule has 1 aliphatic heterocycles. The zero-order valence-corrected chi connectivity index (χ0v) is 17.8. The quantitative estimate of drug-likeness (QED) is 0.495. The summed E-state index contributed by atoms with van der Waals surface area (Å²) in [6, 6.07) is 4.87. The van der Waals surface area contributed by atoms with Gasteiger partial charge in [-0.25, -0.2) is 4.79 Å². The van der Waals surface area contributed by atoms with Gasteiger partial charge in [-0.3, -0.25) is 4.79 Å². The maximum atomic E-state index is 12.6. The first-order valence-electron chi connectivity index (χ1n) is 10.0. The second-order valence-corrected chi connectivity index (χ2v) is 7.65. The van der Waals surface area contributed by atoms with Gasteiger partial charge in [-0.2, -0.15) is 0 Å². The van der Waals surface area contributed by atoms with Gasteiger partial charge in [0.15, 0.2) is 11.5 Å². The molecule has 0 saturated carbocycles. The number of benzene rings is 1. The van der Waals surface area contributed by atoms with Gasteiger partial charge in [-0.05, 0) is 50.3 Å². The Labute approximate surface area is 172 Å². The molecule has 8 nitrogen and oxygen atoms in total. The summed E-state index contributed by atoms with van der Waals surface area (Å²) >= 11 is 0. The number of hydrogen-bond acceptors (Lipinski definition) is 7. The van der Waals surface area contributed by atoms with Crippen LogP contribution in [0.4, 0.5) is 4.79 Å². The molecule has 0 fully saturated rings. The molecule has 1 amide bonds. The van der Waals surface area contributed by atoms with Gasteiger partial charge in [0.2, 0.25) is 13.1 Å². The van der Waals surface area contributed by atoms with E-state index in [0.717, 1.165) is 11.3 Å². The van der Waals surface area contributed by atoms with Crippen molar-refractivity contribution in [3.8, 4) is 11.5 Å². The second kappa shape index (κ2) is 10.3. The molecule has 162 valence electrons. The number of esters is 1. The van der Waals surface area contributed by atoms with E-state index < -0.39 is 24.4 Å². The lowest BCUT2D eigenvalue weighted by Gasteiger charge is -2.29. The normalized spacial score (nSPS) is 15.6. The topological polar surface area (TPSA) is 100 Å². The predicted octanol–water partition coefficient (Wildman–Crippen LogP) is 3.07. The fourth-order valence-electron chi connectivity index (χ4n) is 3.23. The van der Waals surface area contributed by atoms with Gasteiger partial charge in [0.25, 0.3) is 0 Å². The third-order valence-electron chi connectivity index (χ3n) is 4.65. The third-order valence-corrected chi connectivity index (χ3v) is 4.65. The molecule has 29 heavy (non-hydrogen) atoms. The van der Waals surface area contributed by atoms with Crippen LogP contribution in [0.1, 0.15) is 46.6 Å². The third kappa shape index (κ3) is 6.52. The van der Waals surface area contributed by atoms with E-state index >= 15 is 0 Å². The summed E-state index contributed by atoms with van der Waals surface area (Å²) in [6.07, 6.45) is -0.432. The van der Waals surface area contributed by atoms with E-state index in [-0.39, 0.29) is 18.8 Å². The van der Waals surface area contributed by atoms with Crippen molar-refractivity contribution in [1.82, 2.24) is 4.90 Å². The highest BCUT2D eigenvalue weighted by molar-refractivity contribution is 5.76. The number of amides is 1. The van der Waals surface area contributed by atoms with Crippen molar-refractivity contribution >= 4 is 12.1 Å². The Morgan fingerprint density at radius 1 is 1.14 bits per heavy atom. The van der Waals surface area contributed by atoms with Crippen LogP contribution in [0.3, 0.4) is 0 Å². The van der Waals surface area contributed by atoms with Crippen LogP contribution >= 0.6 is 0 Å². The highest BCUT2D eigenvalue weighted by Gasteiger charge is 2.25. The lowest BCUT2D eigenvalue weighted by atomic mass is 10.1. The van der Waals surface area contributed by atoms with Gasteiger partial charge in [-0.15, -0.1) is 0 Å². The lowest BCUT2D eigenvalue weighted by molar-refractivity contribution is -0.168. The van der Waals surface area contributed by atoms with Crippen LogP contribution in [0, 0.1) is 5.92 Å². The molecule has 2 N–H and O–H groups in total. The number of nitrogens with zero attached hydrogens (tertiary/aromatic N) is 1. The van der Waals surface area contributed by atoms with Crippen LogP contribution < -0.4 is 15.2 Å². The Hall–Kier alpha value is -2.48. The highest BCUT2D eigenvalue weighted by atomic mass is 16.7. The molecule has 3 unspecified atom stereocenters. The van der Waals surface area contributed by atoms with Crippen LogP contribution in [-0.2, 0) is 20.7 Å². The minimum absolute atomic E-state index is 0.126. The minimum atomic E-state index is -1.01. The molecule has 1 aliphatic rings. The summed E-state index contributed by atoms with van der Waals surface area (Å²) in [5, 5.41) is 0. The molecular weight excluding hydrogens is 376 g/mol. The zero-order chi connectivity index (χ0) is 21.6. The number of ether oxygens (including phenoxy) is 4. The molecule has 3 atom stereocenters. The van der Waals surface area contributed by atoms with E-state index in [4.69, 9.17) is 24.7 Å². The lowest BCUT2D eigenvalue weighted by Crippen LogP contribution is -2.42. The van der Waals surface area contributed by atoms with Crippen molar-refractivity contribution in [2.75, 3.05) is 13.3 Å². The van der Waals surface area contributed by atoms with Crippen molar-refractivity contribution in [1.29, 1.82) is 0 Å². The number of fused-ring (bicyclic) bond motifs is 1. The fourth-order valence-corrected chi connectivity index (χ4v) is 3.23. The van der Waals surface area contributed by atoms with E-state index in [1.807, 2.05) is 45.9 Å². The zero-order valence-electron chi connectivity index (χ0n) is 17.8. The van der Waals surface area contributed by atoms with Crippen LogP contribution in [0.25, 0.3) is 0 Å². The fraction of sp³-hybridized carbons (Fsp3) is 0.619. The number of carbonyl (C=O) groups is 2. The van der Waals surface area contributed by atoms with Crippen LogP contribution in [0.5, 0.6) is 11.5 Å². The smallest absolute Gasteiger partial charge is 0.413 e. The Morgan fingerprint density at radius 3 is 2.48 bits per heavy atom. The molecule has 2 rings (SSSR count). The van der Waals surface area contributed by atoms with Gasteiger partial charge in [0, 0.05) is 19.5 Å². The second-order valence-electron chi connectivity index (χ2n) is 7.65. The van der Waals surface area contributed by atoms with E-state index in [9.17, 15) is 9.59 Å². The summed E-state index contributed by atoms with van der Waals surface area (Å²) in [6.45, 7) is 9.93. The summed E-state index contributed by atoms with van der Waals surface area (Å²) in [7, 11) is 0. The highest BCUT2D eigenvalue weighted by Crippen LogP contribution is 2.33. The average Bonchev–Trinajstić information content (AvgIpc) is 3.09. The summed E-state index contributed by atoms with van der Waals surface area (Å²) < 4.78 is 21.2. The van der Waals surface area contributed by atoms with Crippen molar-refractivity contribution < 1.29 is 28.5 Å². The Morgan fingerprint density at radius 2 is 1.83 bits per heavy atom. The first-order valence-corrected chi connectivity index (χ1v) is 10.0. The largest absolute Gasteiger partial charge is 0.454 e. The monoisotopic (exact) mass is 408 g/mol. The Balaban J connectivity index is 1.89. The van der Waals surface area contributed by atoms with Crippen LogP contribution in [0.2, 0.25) is 0 Å². The van der Waals surface area contributed by atoms with Gasteiger partial charge in [-0.1, -0.05) is 19.9 Å². The van der Waals surface area contributed by atoms with E-state index in [2.05, 4.69) is 0 Å². The average molecular weight is 408 g/mol. The molecular formula is C21H32N2O6. The van der Waals surface area contributed by atoms with Gasteiger partial charge >= 0.3 is 12.1 Å². The van der Waals surface area contributed by atoms with Gasteiger partial charge < -0.3 is 29.6 Å². The molecule has 0 bridgehead atoms. The molecule has 0 radical (unpaired) electrons. The van der Waals surface area contributed by atoms with Crippen LogP contribution in [-0.4, -0.2) is 48.7 Å². The standard InChI is InChI=1S/C21H32N2O6/c1-6-23(14(4)10-16-7-8-18-19(11-16)27-12-26-18)21(25)29-15(5)28-20(24)17(22)9-13(2)3/h7-8,11,13-15,17H,6,9-10,12,22H2,1-5H3. The molecule has 0 aliphatic carbocycles. The number of hydrogen-bond donors (Lipinski definition) is 1. The van der Waals surface area contributed by atoms with Gasteiger partial charge in [0.05, 0.1) is 0 Å². The maximum absolute atomic E-state index is 12.6. The molecule has 0 aromatic heterocycles. The minimum Gasteiger partial charge on any atom is -0.454 e. The molecule has 8 heteroatoms. The number of carbonyl (C=O) groups excluding carboxylic acids is 2. The van der Waals surface area contributed by atoms with Crippen LogP contribution in [0.15, 0.2) is 18.2 Å². The summed E-state index contributed by atoms with van der Waals surface area (Å²) in [5.74, 6) is 1.12. The molecule has 1 heterocycles. The first kappa shape index (κ1) is 22.8.